The minimum absolute atomic E-state index is 0.0311. The van der Waals surface area contributed by atoms with Gasteiger partial charge in [-0.3, -0.25) is 9.36 Å². The monoisotopic (exact) mass is 322 g/mol. The van der Waals surface area contributed by atoms with Crippen molar-refractivity contribution in [3.8, 4) is 11.4 Å². The molecule has 0 radical (unpaired) electrons. The van der Waals surface area contributed by atoms with E-state index in [0.29, 0.717) is 4.70 Å². The van der Waals surface area contributed by atoms with Crippen molar-refractivity contribution in [3.63, 3.8) is 0 Å². The van der Waals surface area contributed by atoms with Crippen LogP contribution in [0.3, 0.4) is 0 Å². The van der Waals surface area contributed by atoms with Gasteiger partial charge in [0.05, 0.1) is 12.5 Å². The van der Waals surface area contributed by atoms with Crippen LogP contribution in [-0.2, 0) is 0 Å². The standard InChI is InChI=1S/C18H14N2O2S/c1-11-3-5-12(6-4-11)20-10-8-13-15-14(22-2)7-9-19-17(15)23-16(13)18(20)21/h3-10H,1-2H3. The number of thiophene rings is 1. The number of hydrogen-bond donors (Lipinski definition) is 0. The van der Waals surface area contributed by atoms with Gasteiger partial charge in [0.1, 0.15) is 15.3 Å². The predicted molar refractivity (Wildman–Crippen MR) is 94.0 cm³/mol. The zero-order valence-corrected chi connectivity index (χ0v) is 13.6. The Morgan fingerprint density at radius 2 is 1.91 bits per heavy atom. The normalized spacial score (nSPS) is 11.2. The Labute approximate surface area is 136 Å². The molecule has 0 unspecified atom stereocenters. The largest absolute Gasteiger partial charge is 0.496 e. The highest BCUT2D eigenvalue weighted by atomic mass is 32.1. The summed E-state index contributed by atoms with van der Waals surface area (Å²) in [5.41, 5.74) is 2.00. The van der Waals surface area contributed by atoms with E-state index in [1.807, 2.05) is 49.5 Å². The van der Waals surface area contributed by atoms with Crippen LogP contribution in [0.25, 0.3) is 26.0 Å². The first kappa shape index (κ1) is 14.0. The molecule has 4 nitrogen and oxygen atoms in total. The second kappa shape index (κ2) is 5.21. The molecule has 114 valence electrons. The van der Waals surface area contributed by atoms with Gasteiger partial charge in [0, 0.05) is 23.5 Å². The third kappa shape index (κ3) is 2.12. The zero-order valence-electron chi connectivity index (χ0n) is 12.7. The number of ether oxygens (including phenoxy) is 1. The van der Waals surface area contributed by atoms with Crippen molar-refractivity contribution in [2.75, 3.05) is 7.11 Å². The summed E-state index contributed by atoms with van der Waals surface area (Å²) in [6.45, 7) is 2.03. The number of fused-ring (bicyclic) bond motifs is 3. The molecule has 0 spiro atoms. The molecule has 0 fully saturated rings. The van der Waals surface area contributed by atoms with Gasteiger partial charge >= 0.3 is 0 Å². The molecule has 0 atom stereocenters. The summed E-state index contributed by atoms with van der Waals surface area (Å²) < 4.78 is 7.78. The zero-order chi connectivity index (χ0) is 16.0. The number of pyridine rings is 2. The SMILES string of the molecule is COc1ccnc2sc3c(=O)n(-c4ccc(C)cc4)ccc3c12. The Morgan fingerprint density at radius 3 is 2.65 bits per heavy atom. The topological polar surface area (TPSA) is 44.1 Å². The Kier molecular flexibility index (Phi) is 3.16. The summed E-state index contributed by atoms with van der Waals surface area (Å²) in [5.74, 6) is 0.744. The van der Waals surface area contributed by atoms with E-state index in [2.05, 4.69) is 4.98 Å². The van der Waals surface area contributed by atoms with Gasteiger partial charge in [0.15, 0.2) is 0 Å². The number of hydrogen-bond acceptors (Lipinski definition) is 4. The van der Waals surface area contributed by atoms with Crippen molar-refractivity contribution in [1.29, 1.82) is 0 Å². The van der Waals surface area contributed by atoms with Crippen molar-refractivity contribution < 1.29 is 4.74 Å². The van der Waals surface area contributed by atoms with Crippen LogP contribution < -0.4 is 10.3 Å². The average Bonchev–Trinajstić information content (AvgIpc) is 2.96. The number of aryl methyl sites for hydroxylation is 1. The van der Waals surface area contributed by atoms with E-state index in [1.54, 1.807) is 17.9 Å². The molecule has 3 heterocycles. The molecule has 23 heavy (non-hydrogen) atoms. The van der Waals surface area contributed by atoms with Gasteiger partial charge in [0.25, 0.3) is 5.56 Å². The van der Waals surface area contributed by atoms with E-state index in [4.69, 9.17) is 4.74 Å². The molecule has 0 saturated carbocycles. The van der Waals surface area contributed by atoms with Gasteiger partial charge in [-0.05, 0) is 31.2 Å². The lowest BCUT2D eigenvalue weighted by Gasteiger charge is -2.06. The molecule has 0 aliphatic rings. The van der Waals surface area contributed by atoms with Gasteiger partial charge in [-0.15, -0.1) is 11.3 Å². The van der Waals surface area contributed by atoms with E-state index >= 15 is 0 Å². The van der Waals surface area contributed by atoms with Crippen LogP contribution in [0.2, 0.25) is 0 Å². The molecule has 1 aromatic carbocycles. The Bertz CT molecular complexity index is 1080. The van der Waals surface area contributed by atoms with Crippen LogP contribution in [-0.4, -0.2) is 16.7 Å². The van der Waals surface area contributed by atoms with E-state index in [0.717, 1.165) is 27.0 Å². The maximum atomic E-state index is 12.9. The summed E-state index contributed by atoms with van der Waals surface area (Å²) in [5, 5.41) is 1.80. The van der Waals surface area contributed by atoms with Gasteiger partial charge < -0.3 is 4.74 Å². The molecule has 0 bridgehead atoms. The number of rotatable bonds is 2. The summed E-state index contributed by atoms with van der Waals surface area (Å²) in [6.07, 6.45) is 3.52. The molecule has 0 saturated heterocycles. The molecule has 5 heteroatoms. The van der Waals surface area contributed by atoms with Crippen molar-refractivity contribution in [2.45, 2.75) is 6.92 Å². The van der Waals surface area contributed by atoms with E-state index in [9.17, 15) is 4.79 Å². The lowest BCUT2D eigenvalue weighted by Crippen LogP contribution is -2.16. The fourth-order valence-electron chi connectivity index (χ4n) is 2.74. The minimum atomic E-state index is -0.0311. The summed E-state index contributed by atoms with van der Waals surface area (Å²) >= 11 is 1.41. The Hall–Kier alpha value is -2.66. The van der Waals surface area contributed by atoms with Crippen LogP contribution in [0, 0.1) is 6.92 Å². The van der Waals surface area contributed by atoms with Gasteiger partial charge in [0.2, 0.25) is 0 Å². The maximum Gasteiger partial charge on any atom is 0.273 e. The summed E-state index contributed by atoms with van der Waals surface area (Å²) in [4.78, 5) is 18.1. The molecule has 4 rings (SSSR count). The lowest BCUT2D eigenvalue weighted by molar-refractivity contribution is 0.420. The first-order valence-corrected chi connectivity index (χ1v) is 8.04. The van der Waals surface area contributed by atoms with Crippen LogP contribution >= 0.6 is 11.3 Å². The maximum absolute atomic E-state index is 12.9. The quantitative estimate of drug-likeness (QED) is 0.562. The molecule has 0 N–H and O–H groups in total. The highest BCUT2D eigenvalue weighted by Gasteiger charge is 2.14. The van der Waals surface area contributed by atoms with Crippen molar-refractivity contribution in [3.05, 3.63) is 64.7 Å². The van der Waals surface area contributed by atoms with Crippen LogP contribution in [0.15, 0.2) is 53.6 Å². The summed E-state index contributed by atoms with van der Waals surface area (Å²) in [6, 6.07) is 11.7. The second-order valence-electron chi connectivity index (χ2n) is 5.36. The Morgan fingerprint density at radius 1 is 1.13 bits per heavy atom. The first-order valence-electron chi connectivity index (χ1n) is 7.23. The molecule has 4 aromatic rings. The predicted octanol–water partition coefficient (Wildman–Crippen LogP) is 3.92. The van der Waals surface area contributed by atoms with Crippen molar-refractivity contribution in [2.24, 2.45) is 0 Å². The van der Waals surface area contributed by atoms with Crippen LogP contribution in [0.4, 0.5) is 0 Å². The summed E-state index contributed by atoms with van der Waals surface area (Å²) in [7, 11) is 1.63. The molecular formula is C18H14N2O2S. The lowest BCUT2D eigenvalue weighted by atomic mass is 10.2. The highest BCUT2D eigenvalue weighted by molar-refractivity contribution is 7.25. The van der Waals surface area contributed by atoms with Gasteiger partial charge in [-0.1, -0.05) is 17.7 Å². The van der Waals surface area contributed by atoms with Crippen LogP contribution in [0.5, 0.6) is 5.75 Å². The number of nitrogens with zero attached hydrogens (tertiary/aromatic N) is 2. The average molecular weight is 322 g/mol. The smallest absolute Gasteiger partial charge is 0.273 e. The molecule has 3 aromatic heterocycles. The fourth-order valence-corrected chi connectivity index (χ4v) is 3.82. The first-order chi connectivity index (χ1) is 11.2. The van der Waals surface area contributed by atoms with Crippen molar-refractivity contribution >= 4 is 31.6 Å². The number of benzene rings is 1. The minimum Gasteiger partial charge on any atom is -0.496 e. The third-order valence-corrected chi connectivity index (χ3v) is 5.03. The second-order valence-corrected chi connectivity index (χ2v) is 6.36. The van der Waals surface area contributed by atoms with Crippen LogP contribution in [0.1, 0.15) is 5.56 Å². The van der Waals surface area contributed by atoms with E-state index in [1.165, 1.54) is 16.9 Å². The van der Waals surface area contributed by atoms with Gasteiger partial charge in [-0.25, -0.2) is 4.98 Å². The number of aromatic nitrogens is 2. The van der Waals surface area contributed by atoms with E-state index in [-0.39, 0.29) is 5.56 Å². The van der Waals surface area contributed by atoms with Crippen molar-refractivity contribution in [1.82, 2.24) is 9.55 Å². The third-order valence-electron chi connectivity index (χ3n) is 3.93. The molecular weight excluding hydrogens is 308 g/mol. The van der Waals surface area contributed by atoms with E-state index < -0.39 is 0 Å². The number of methoxy groups -OCH3 is 1. The van der Waals surface area contributed by atoms with Gasteiger partial charge in [-0.2, -0.15) is 0 Å². The Balaban J connectivity index is 2.04. The molecule has 0 aliphatic carbocycles. The molecule has 0 aliphatic heterocycles. The fraction of sp³-hybridized carbons (Fsp3) is 0.111. The highest BCUT2D eigenvalue weighted by Crippen LogP contribution is 2.36. The molecule has 0 amide bonds.